The number of nitrogens with zero attached hydrogens (tertiary/aromatic N) is 2. The lowest BCUT2D eigenvalue weighted by Crippen LogP contribution is -2.50. The van der Waals surface area contributed by atoms with E-state index in [9.17, 15) is 9.90 Å². The Morgan fingerprint density at radius 2 is 2.00 bits per heavy atom. The number of amides is 1. The van der Waals surface area contributed by atoms with Gasteiger partial charge in [-0.05, 0) is 43.2 Å². The fourth-order valence-electron chi connectivity index (χ4n) is 3.09. The van der Waals surface area contributed by atoms with Crippen molar-refractivity contribution < 1.29 is 19.1 Å². The Bertz CT molecular complexity index is 721. The van der Waals surface area contributed by atoms with Crippen LogP contribution in [-0.4, -0.2) is 66.2 Å². The zero-order chi connectivity index (χ0) is 18.5. The highest BCUT2D eigenvalue weighted by Gasteiger charge is 2.24. The van der Waals surface area contributed by atoms with Crippen molar-refractivity contribution in [1.82, 2.24) is 9.80 Å². The second-order valence-corrected chi connectivity index (χ2v) is 6.80. The number of β-amino-alcohol motifs (C(OH)–C–C–N with tert-alkyl or cyclic N) is 1. The molecule has 1 fully saturated rings. The topological polar surface area (TPSA) is 66.2 Å². The molecule has 26 heavy (non-hydrogen) atoms. The first kappa shape index (κ1) is 18.5. The maximum Gasteiger partial charge on any atom is 0.289 e. The molecule has 0 aliphatic carbocycles. The van der Waals surface area contributed by atoms with E-state index in [1.54, 1.807) is 17.0 Å². The minimum atomic E-state index is -0.567. The van der Waals surface area contributed by atoms with E-state index in [1.165, 1.54) is 6.26 Å². The molecule has 1 aliphatic rings. The van der Waals surface area contributed by atoms with E-state index >= 15 is 0 Å². The van der Waals surface area contributed by atoms with Gasteiger partial charge in [-0.1, -0.05) is 12.1 Å². The molecule has 6 nitrogen and oxygen atoms in total. The summed E-state index contributed by atoms with van der Waals surface area (Å²) in [5.74, 6) is 1.12. The van der Waals surface area contributed by atoms with Crippen LogP contribution >= 0.6 is 0 Å². The van der Waals surface area contributed by atoms with Gasteiger partial charge in [-0.2, -0.15) is 0 Å². The predicted molar refractivity (Wildman–Crippen MR) is 98.5 cm³/mol. The number of carbonyl (C=O) groups excluding carboxylic acids is 1. The first-order valence-corrected chi connectivity index (χ1v) is 8.96. The number of rotatable bonds is 6. The van der Waals surface area contributed by atoms with Crippen LogP contribution in [0.5, 0.6) is 5.75 Å². The van der Waals surface area contributed by atoms with Gasteiger partial charge in [-0.15, -0.1) is 0 Å². The highest BCUT2D eigenvalue weighted by molar-refractivity contribution is 5.91. The van der Waals surface area contributed by atoms with Crippen LogP contribution < -0.4 is 4.74 Å². The van der Waals surface area contributed by atoms with E-state index in [2.05, 4.69) is 4.90 Å². The van der Waals surface area contributed by atoms with E-state index in [-0.39, 0.29) is 12.5 Å². The van der Waals surface area contributed by atoms with Crippen molar-refractivity contribution in [1.29, 1.82) is 0 Å². The number of hydrogen-bond acceptors (Lipinski definition) is 5. The summed E-state index contributed by atoms with van der Waals surface area (Å²) < 4.78 is 10.9. The maximum atomic E-state index is 12.3. The molecule has 140 valence electrons. The van der Waals surface area contributed by atoms with Crippen molar-refractivity contribution in [2.24, 2.45) is 0 Å². The lowest BCUT2D eigenvalue weighted by molar-refractivity contribution is 0.0388. The van der Waals surface area contributed by atoms with Gasteiger partial charge in [-0.3, -0.25) is 9.69 Å². The van der Waals surface area contributed by atoms with E-state index in [0.29, 0.717) is 25.4 Å². The molecular weight excluding hydrogens is 332 g/mol. The van der Waals surface area contributed by atoms with Gasteiger partial charge in [0, 0.05) is 32.7 Å². The van der Waals surface area contributed by atoms with Crippen LogP contribution in [0, 0.1) is 13.8 Å². The number of furan rings is 1. The third kappa shape index (κ3) is 4.65. The molecule has 1 aliphatic heterocycles. The van der Waals surface area contributed by atoms with Gasteiger partial charge >= 0.3 is 0 Å². The van der Waals surface area contributed by atoms with Crippen molar-refractivity contribution in [3.05, 3.63) is 53.5 Å². The van der Waals surface area contributed by atoms with Crippen LogP contribution in [0.15, 0.2) is 41.0 Å². The molecule has 1 unspecified atom stereocenters. The van der Waals surface area contributed by atoms with Crippen LogP contribution in [-0.2, 0) is 0 Å². The molecule has 2 aromatic rings. The zero-order valence-electron chi connectivity index (χ0n) is 15.4. The van der Waals surface area contributed by atoms with Gasteiger partial charge in [0.1, 0.15) is 18.5 Å². The standard InChI is InChI=1S/C20H26N2O4/c1-15-5-6-16(2)19(12-15)26-14-17(23)13-21-7-9-22(10-8-21)20(24)18-4-3-11-25-18/h3-6,11-12,17,23H,7-10,13-14H2,1-2H3. The quantitative estimate of drug-likeness (QED) is 0.857. The number of carbonyl (C=O) groups is 1. The second kappa shape index (κ2) is 8.38. The number of ether oxygens (including phenoxy) is 1. The number of aryl methyl sites for hydroxylation is 2. The summed E-state index contributed by atoms with van der Waals surface area (Å²) >= 11 is 0. The van der Waals surface area contributed by atoms with Crippen LogP contribution in [0.1, 0.15) is 21.7 Å². The largest absolute Gasteiger partial charge is 0.491 e. The molecule has 0 spiro atoms. The minimum Gasteiger partial charge on any atom is -0.491 e. The van der Waals surface area contributed by atoms with E-state index in [1.807, 2.05) is 32.0 Å². The van der Waals surface area contributed by atoms with Crippen LogP contribution in [0.3, 0.4) is 0 Å². The Morgan fingerprint density at radius 1 is 1.23 bits per heavy atom. The van der Waals surface area contributed by atoms with Crippen molar-refractivity contribution in [2.45, 2.75) is 20.0 Å². The summed E-state index contributed by atoms with van der Waals surface area (Å²) in [4.78, 5) is 16.2. The molecule has 0 radical (unpaired) electrons. The normalized spacial score (nSPS) is 16.5. The number of benzene rings is 1. The molecule has 1 aromatic carbocycles. The molecule has 1 atom stereocenters. The maximum absolute atomic E-state index is 12.3. The Morgan fingerprint density at radius 3 is 2.69 bits per heavy atom. The van der Waals surface area contributed by atoms with Gasteiger partial charge in [-0.25, -0.2) is 0 Å². The number of hydrogen-bond donors (Lipinski definition) is 1. The van der Waals surface area contributed by atoms with E-state index < -0.39 is 6.10 Å². The average Bonchev–Trinajstić information content (AvgIpc) is 3.17. The van der Waals surface area contributed by atoms with Crippen molar-refractivity contribution >= 4 is 5.91 Å². The Kier molecular flexibility index (Phi) is 5.96. The third-order valence-corrected chi connectivity index (χ3v) is 4.64. The highest BCUT2D eigenvalue weighted by atomic mass is 16.5. The molecule has 1 saturated heterocycles. The van der Waals surface area contributed by atoms with Crippen molar-refractivity contribution in [3.63, 3.8) is 0 Å². The van der Waals surface area contributed by atoms with Crippen LogP contribution in [0.25, 0.3) is 0 Å². The fourth-order valence-corrected chi connectivity index (χ4v) is 3.09. The van der Waals surface area contributed by atoms with Crippen LogP contribution in [0.4, 0.5) is 0 Å². The van der Waals surface area contributed by atoms with Gasteiger partial charge in [0.15, 0.2) is 5.76 Å². The molecule has 6 heteroatoms. The van der Waals surface area contributed by atoms with Gasteiger partial charge in [0.25, 0.3) is 5.91 Å². The first-order chi connectivity index (χ1) is 12.5. The highest BCUT2D eigenvalue weighted by Crippen LogP contribution is 2.19. The van der Waals surface area contributed by atoms with Gasteiger partial charge in [0.2, 0.25) is 0 Å². The Hall–Kier alpha value is -2.31. The summed E-state index contributed by atoms with van der Waals surface area (Å²) in [6, 6.07) is 9.45. The smallest absolute Gasteiger partial charge is 0.289 e. The first-order valence-electron chi connectivity index (χ1n) is 8.96. The van der Waals surface area contributed by atoms with Crippen LogP contribution in [0.2, 0.25) is 0 Å². The summed E-state index contributed by atoms with van der Waals surface area (Å²) in [6.45, 7) is 7.53. The summed E-state index contributed by atoms with van der Waals surface area (Å²) in [6.07, 6.45) is 0.942. The van der Waals surface area contributed by atoms with Gasteiger partial charge < -0.3 is 19.2 Å². The molecule has 1 amide bonds. The lowest BCUT2D eigenvalue weighted by Gasteiger charge is -2.35. The van der Waals surface area contributed by atoms with Crippen molar-refractivity contribution in [3.8, 4) is 5.75 Å². The Balaban J connectivity index is 1.42. The van der Waals surface area contributed by atoms with E-state index in [4.69, 9.17) is 9.15 Å². The molecule has 0 bridgehead atoms. The molecule has 1 N–H and O–H groups in total. The van der Waals surface area contributed by atoms with Gasteiger partial charge in [0.05, 0.1) is 6.26 Å². The minimum absolute atomic E-state index is 0.0755. The average molecular weight is 358 g/mol. The zero-order valence-corrected chi connectivity index (χ0v) is 15.4. The summed E-state index contributed by atoms with van der Waals surface area (Å²) in [5.41, 5.74) is 2.20. The predicted octanol–water partition coefficient (Wildman–Crippen LogP) is 2.09. The Labute approximate surface area is 154 Å². The molecule has 2 heterocycles. The summed E-state index contributed by atoms with van der Waals surface area (Å²) in [5, 5.41) is 10.3. The SMILES string of the molecule is Cc1ccc(C)c(OCC(O)CN2CCN(C(=O)c3ccco3)CC2)c1. The van der Waals surface area contributed by atoms with Crippen molar-refractivity contribution in [2.75, 3.05) is 39.3 Å². The molecular formula is C20H26N2O4. The summed E-state index contributed by atoms with van der Waals surface area (Å²) in [7, 11) is 0. The fraction of sp³-hybridized carbons (Fsp3) is 0.450. The lowest BCUT2D eigenvalue weighted by atomic mass is 10.1. The molecule has 0 saturated carbocycles. The molecule has 1 aromatic heterocycles. The van der Waals surface area contributed by atoms with E-state index in [0.717, 1.165) is 30.0 Å². The second-order valence-electron chi connectivity index (χ2n) is 6.80. The number of aliphatic hydroxyl groups excluding tert-OH is 1. The third-order valence-electron chi connectivity index (χ3n) is 4.64. The molecule has 3 rings (SSSR count). The monoisotopic (exact) mass is 358 g/mol. The number of piperazine rings is 1. The number of aliphatic hydroxyl groups is 1.